The molecule has 1 aromatic heterocycles. The van der Waals surface area contributed by atoms with Crippen molar-refractivity contribution in [2.45, 2.75) is 26.2 Å². The normalized spacial score (nSPS) is 14.6. The van der Waals surface area contributed by atoms with Gasteiger partial charge >= 0.3 is 0 Å². The molecule has 0 atom stereocenters. The van der Waals surface area contributed by atoms with E-state index in [1.807, 2.05) is 7.05 Å². The van der Waals surface area contributed by atoms with Gasteiger partial charge in [-0.15, -0.1) is 0 Å². The minimum Gasteiger partial charge on any atom is -0.388 e. The van der Waals surface area contributed by atoms with E-state index in [0.717, 1.165) is 30.4 Å². The molecule has 1 aliphatic rings. The van der Waals surface area contributed by atoms with Gasteiger partial charge in [0.1, 0.15) is 11.6 Å². The summed E-state index contributed by atoms with van der Waals surface area (Å²) in [4.78, 5) is 9.41. The van der Waals surface area contributed by atoms with Crippen molar-refractivity contribution in [2.75, 3.05) is 49.3 Å². The second-order valence-corrected chi connectivity index (χ2v) is 6.79. The number of aryl methyl sites for hydroxylation is 1. The van der Waals surface area contributed by atoms with E-state index in [2.05, 4.69) is 66.5 Å². The SMILES string of the molecule is CNc1ccc(C)c(-c2cc(N(C)C)nc(N3CCCCC3)c2)c1. The molecule has 0 amide bonds. The zero-order chi connectivity index (χ0) is 17.1. The van der Waals surface area contributed by atoms with Gasteiger partial charge in [-0.1, -0.05) is 6.07 Å². The Bertz CT molecular complexity index is 703. The van der Waals surface area contributed by atoms with Crippen LogP contribution >= 0.6 is 0 Å². The molecule has 4 nitrogen and oxygen atoms in total. The van der Waals surface area contributed by atoms with Crippen LogP contribution in [0.2, 0.25) is 0 Å². The smallest absolute Gasteiger partial charge is 0.131 e. The molecule has 1 fully saturated rings. The molecular weight excluding hydrogens is 296 g/mol. The maximum absolute atomic E-state index is 4.89. The van der Waals surface area contributed by atoms with Crippen molar-refractivity contribution in [3.8, 4) is 11.1 Å². The van der Waals surface area contributed by atoms with Crippen molar-refractivity contribution < 1.29 is 0 Å². The molecule has 0 spiro atoms. The highest BCUT2D eigenvalue weighted by Crippen LogP contribution is 2.32. The number of piperidine rings is 1. The number of hydrogen-bond acceptors (Lipinski definition) is 4. The predicted octanol–water partition coefficient (Wildman–Crippen LogP) is 4.16. The van der Waals surface area contributed by atoms with Crippen LogP contribution in [-0.2, 0) is 0 Å². The van der Waals surface area contributed by atoms with Gasteiger partial charge in [0, 0.05) is 39.9 Å². The van der Waals surface area contributed by atoms with Gasteiger partial charge in [-0.25, -0.2) is 4.98 Å². The van der Waals surface area contributed by atoms with Crippen LogP contribution in [0.5, 0.6) is 0 Å². The first-order valence-electron chi connectivity index (χ1n) is 8.81. The molecule has 2 aromatic rings. The average Bonchev–Trinajstić information content (AvgIpc) is 2.62. The van der Waals surface area contributed by atoms with Gasteiger partial charge in [-0.05, 0) is 67.1 Å². The molecule has 128 valence electrons. The standard InChI is InChI=1S/C20H28N4/c1-15-8-9-17(21-2)14-18(15)16-12-19(23(3)4)22-20(13-16)24-10-6-5-7-11-24/h8-9,12-14,21H,5-7,10-11H2,1-4H3. The van der Waals surface area contributed by atoms with Gasteiger partial charge in [0.25, 0.3) is 0 Å². The third kappa shape index (κ3) is 3.48. The van der Waals surface area contributed by atoms with E-state index < -0.39 is 0 Å². The zero-order valence-corrected chi connectivity index (χ0v) is 15.3. The minimum atomic E-state index is 1.02. The molecule has 4 heteroatoms. The Kier molecular flexibility index (Phi) is 4.93. The van der Waals surface area contributed by atoms with Crippen molar-refractivity contribution in [1.82, 2.24) is 4.98 Å². The van der Waals surface area contributed by atoms with Crippen LogP contribution < -0.4 is 15.1 Å². The molecule has 0 unspecified atom stereocenters. The van der Waals surface area contributed by atoms with Crippen molar-refractivity contribution in [3.63, 3.8) is 0 Å². The molecule has 1 aliphatic heterocycles. The molecule has 1 N–H and O–H groups in total. The first kappa shape index (κ1) is 16.6. The highest BCUT2D eigenvalue weighted by atomic mass is 15.2. The predicted molar refractivity (Wildman–Crippen MR) is 104 cm³/mol. The lowest BCUT2D eigenvalue weighted by atomic mass is 10.00. The number of nitrogens with one attached hydrogen (secondary N) is 1. The maximum atomic E-state index is 4.89. The summed E-state index contributed by atoms with van der Waals surface area (Å²) in [7, 11) is 6.08. The van der Waals surface area contributed by atoms with Gasteiger partial charge in [-0.2, -0.15) is 0 Å². The van der Waals surface area contributed by atoms with E-state index in [1.54, 1.807) is 0 Å². The lowest BCUT2D eigenvalue weighted by Gasteiger charge is -2.29. The fraction of sp³-hybridized carbons (Fsp3) is 0.450. The monoisotopic (exact) mass is 324 g/mol. The molecule has 1 aromatic carbocycles. The van der Waals surface area contributed by atoms with Crippen molar-refractivity contribution in [1.29, 1.82) is 0 Å². The zero-order valence-electron chi connectivity index (χ0n) is 15.3. The van der Waals surface area contributed by atoms with Gasteiger partial charge < -0.3 is 15.1 Å². The molecule has 0 bridgehead atoms. The van der Waals surface area contributed by atoms with Crippen LogP contribution in [0.3, 0.4) is 0 Å². The van der Waals surface area contributed by atoms with Crippen LogP contribution in [-0.4, -0.2) is 39.2 Å². The average molecular weight is 324 g/mol. The van der Waals surface area contributed by atoms with Crippen LogP contribution in [0.4, 0.5) is 17.3 Å². The van der Waals surface area contributed by atoms with Crippen LogP contribution in [0.25, 0.3) is 11.1 Å². The number of hydrogen-bond donors (Lipinski definition) is 1. The minimum absolute atomic E-state index is 1.02. The van der Waals surface area contributed by atoms with Gasteiger partial charge in [-0.3, -0.25) is 0 Å². The fourth-order valence-corrected chi connectivity index (χ4v) is 3.26. The molecule has 2 heterocycles. The molecule has 1 saturated heterocycles. The highest BCUT2D eigenvalue weighted by molar-refractivity contribution is 5.76. The first-order valence-corrected chi connectivity index (χ1v) is 8.81. The molecule has 3 rings (SSSR count). The van der Waals surface area contributed by atoms with Crippen molar-refractivity contribution >= 4 is 17.3 Å². The third-order valence-electron chi connectivity index (χ3n) is 4.77. The molecule has 0 aliphatic carbocycles. The van der Waals surface area contributed by atoms with E-state index in [0.29, 0.717) is 0 Å². The van der Waals surface area contributed by atoms with Crippen LogP contribution in [0.1, 0.15) is 24.8 Å². The Morgan fingerprint density at radius 2 is 1.79 bits per heavy atom. The molecule has 0 saturated carbocycles. The van der Waals surface area contributed by atoms with E-state index in [1.165, 1.54) is 36.0 Å². The van der Waals surface area contributed by atoms with E-state index in [4.69, 9.17) is 4.98 Å². The van der Waals surface area contributed by atoms with E-state index >= 15 is 0 Å². The van der Waals surface area contributed by atoms with Gasteiger partial charge in [0.2, 0.25) is 0 Å². The Labute approximate surface area is 145 Å². The topological polar surface area (TPSA) is 31.4 Å². The highest BCUT2D eigenvalue weighted by Gasteiger charge is 2.16. The lowest BCUT2D eigenvalue weighted by molar-refractivity contribution is 0.573. The summed E-state index contributed by atoms with van der Waals surface area (Å²) in [6.45, 7) is 4.39. The maximum Gasteiger partial charge on any atom is 0.131 e. The number of benzene rings is 1. The number of anilines is 3. The van der Waals surface area contributed by atoms with Crippen LogP contribution in [0, 0.1) is 6.92 Å². The Morgan fingerprint density at radius 3 is 2.46 bits per heavy atom. The molecule has 0 radical (unpaired) electrons. The summed E-state index contributed by atoms with van der Waals surface area (Å²) in [6.07, 6.45) is 3.86. The third-order valence-corrected chi connectivity index (χ3v) is 4.77. The van der Waals surface area contributed by atoms with Crippen LogP contribution in [0.15, 0.2) is 30.3 Å². The fourth-order valence-electron chi connectivity index (χ4n) is 3.26. The number of nitrogens with zero attached hydrogens (tertiary/aromatic N) is 3. The Balaban J connectivity index is 2.08. The van der Waals surface area contributed by atoms with E-state index in [-0.39, 0.29) is 0 Å². The number of pyridine rings is 1. The second-order valence-electron chi connectivity index (χ2n) is 6.79. The van der Waals surface area contributed by atoms with Gasteiger partial charge in [0.05, 0.1) is 0 Å². The van der Waals surface area contributed by atoms with Crippen molar-refractivity contribution in [3.05, 3.63) is 35.9 Å². The summed E-state index contributed by atoms with van der Waals surface area (Å²) < 4.78 is 0. The quantitative estimate of drug-likeness (QED) is 0.915. The number of aromatic nitrogens is 1. The Morgan fingerprint density at radius 1 is 1.04 bits per heavy atom. The summed E-state index contributed by atoms with van der Waals surface area (Å²) in [6, 6.07) is 11.0. The number of rotatable bonds is 4. The Hall–Kier alpha value is -2.23. The van der Waals surface area contributed by atoms with Crippen molar-refractivity contribution in [2.24, 2.45) is 0 Å². The lowest BCUT2D eigenvalue weighted by Crippen LogP contribution is -2.30. The van der Waals surface area contributed by atoms with E-state index in [9.17, 15) is 0 Å². The molecular formula is C20H28N4. The summed E-state index contributed by atoms with van der Waals surface area (Å²) >= 11 is 0. The first-order chi connectivity index (χ1) is 11.6. The summed E-state index contributed by atoms with van der Waals surface area (Å²) in [5.74, 6) is 2.12. The molecule has 24 heavy (non-hydrogen) atoms. The largest absolute Gasteiger partial charge is 0.388 e. The van der Waals surface area contributed by atoms with Gasteiger partial charge in [0.15, 0.2) is 0 Å². The summed E-state index contributed by atoms with van der Waals surface area (Å²) in [5.41, 5.74) is 4.93. The second kappa shape index (κ2) is 7.12. The summed E-state index contributed by atoms with van der Waals surface area (Å²) in [5, 5.41) is 3.24.